The molecule has 0 N–H and O–H groups in total. The van der Waals surface area contributed by atoms with E-state index in [0.717, 1.165) is 0 Å². The van der Waals surface area contributed by atoms with Gasteiger partial charge in [-0.15, -0.1) is 10.2 Å². The molecule has 0 saturated heterocycles. The zero-order valence-electron chi connectivity index (χ0n) is 19.4. The van der Waals surface area contributed by atoms with E-state index < -0.39 is 116 Å². The average Bonchev–Trinajstić information content (AvgIpc) is 2.87. The third-order valence-corrected chi connectivity index (χ3v) is 5.81. The van der Waals surface area contributed by atoms with Crippen LogP contribution in [0.5, 0.6) is 0 Å². The summed E-state index contributed by atoms with van der Waals surface area (Å²) < 4.78 is 220. The highest BCUT2D eigenvalue weighted by molar-refractivity contribution is 6.03. The van der Waals surface area contributed by atoms with E-state index in [-0.39, 0.29) is 24.3 Å². The number of halogens is 16. The van der Waals surface area contributed by atoms with Gasteiger partial charge in [-0.25, -0.2) is 17.6 Å². The number of hydrogen-bond donors (Lipinski definition) is 0. The molecule has 3 aromatic carbocycles. The Kier molecular flexibility index (Phi) is 7.14. The molecule has 18 heteroatoms. The van der Waals surface area contributed by atoms with E-state index in [9.17, 15) is 61.5 Å². The van der Waals surface area contributed by atoms with Gasteiger partial charge < -0.3 is 0 Å². The largest absolute Gasteiger partial charge is 0.417 e. The van der Waals surface area contributed by atoms with Gasteiger partial charge in [-0.05, 0) is 24.3 Å². The normalized spacial score (nSPS) is 13.2. The van der Waals surface area contributed by atoms with Crippen molar-refractivity contribution in [3.8, 4) is 22.5 Å². The first kappa shape index (κ1) is 30.8. The minimum atomic E-state index is -5.69. The molecule has 0 aliphatic heterocycles. The summed E-state index contributed by atoms with van der Waals surface area (Å²) >= 11 is 0. The van der Waals surface area contributed by atoms with Gasteiger partial charge >= 0.3 is 24.7 Å². The van der Waals surface area contributed by atoms with Crippen LogP contribution in [-0.4, -0.2) is 10.2 Å². The second kappa shape index (κ2) is 9.72. The van der Waals surface area contributed by atoms with Crippen LogP contribution in [0, 0.1) is 23.3 Å². The molecule has 1 aromatic heterocycles. The van der Waals surface area contributed by atoms with Crippen LogP contribution >= 0.6 is 0 Å². The molecule has 0 fully saturated rings. The molecular formula is C24H6F16N2. The summed E-state index contributed by atoms with van der Waals surface area (Å²) in [5, 5.41) is 2.55. The van der Waals surface area contributed by atoms with E-state index >= 15 is 8.78 Å². The van der Waals surface area contributed by atoms with Gasteiger partial charge in [-0.3, -0.25) is 0 Å². The molecule has 42 heavy (non-hydrogen) atoms. The minimum absolute atomic E-state index is 0.0256. The van der Waals surface area contributed by atoms with Gasteiger partial charge in [-0.1, -0.05) is 12.1 Å². The molecule has 2 nitrogen and oxygen atoms in total. The number of fused-ring (bicyclic) bond motifs is 1. The Balaban J connectivity index is 2.19. The molecule has 0 atom stereocenters. The lowest BCUT2D eigenvalue weighted by Crippen LogP contribution is -2.14. The highest BCUT2D eigenvalue weighted by Gasteiger charge is 2.42. The van der Waals surface area contributed by atoms with Crippen LogP contribution in [0.15, 0.2) is 36.4 Å². The lowest BCUT2D eigenvalue weighted by Gasteiger charge is -2.19. The lowest BCUT2D eigenvalue weighted by molar-refractivity contribution is -0.144. The predicted octanol–water partition coefficient (Wildman–Crippen LogP) is 9.60. The summed E-state index contributed by atoms with van der Waals surface area (Å²) in [5.41, 5.74) is -14.4. The highest BCUT2D eigenvalue weighted by atomic mass is 19.4. The summed E-state index contributed by atoms with van der Waals surface area (Å²) in [6, 6.07) is -0.820. The number of alkyl halides is 12. The Morgan fingerprint density at radius 2 is 0.714 bits per heavy atom. The number of nitrogens with zero attached hydrogens (tertiary/aromatic N) is 2. The van der Waals surface area contributed by atoms with E-state index in [4.69, 9.17) is 0 Å². The zero-order valence-corrected chi connectivity index (χ0v) is 19.4. The van der Waals surface area contributed by atoms with Crippen LogP contribution in [0.3, 0.4) is 0 Å². The van der Waals surface area contributed by atoms with Crippen LogP contribution in [0.4, 0.5) is 70.2 Å². The molecule has 0 spiro atoms. The van der Waals surface area contributed by atoms with Crippen molar-refractivity contribution in [2.24, 2.45) is 0 Å². The zero-order chi connectivity index (χ0) is 31.7. The van der Waals surface area contributed by atoms with Gasteiger partial charge in [0.05, 0.1) is 33.0 Å². The molecule has 4 rings (SSSR count). The molecule has 0 aliphatic carbocycles. The van der Waals surface area contributed by atoms with Crippen molar-refractivity contribution in [1.82, 2.24) is 10.2 Å². The predicted molar refractivity (Wildman–Crippen MR) is 110 cm³/mol. The fourth-order valence-electron chi connectivity index (χ4n) is 3.98. The molecular weight excluding hydrogens is 620 g/mol. The fraction of sp³-hybridized carbons (Fsp3) is 0.167. The maximum Gasteiger partial charge on any atom is 0.417 e. The van der Waals surface area contributed by atoms with Crippen molar-refractivity contribution in [3.63, 3.8) is 0 Å². The highest BCUT2D eigenvalue weighted by Crippen LogP contribution is 2.46. The van der Waals surface area contributed by atoms with Gasteiger partial charge in [0, 0.05) is 11.1 Å². The summed E-state index contributed by atoms with van der Waals surface area (Å²) in [7, 11) is 0. The van der Waals surface area contributed by atoms with E-state index in [1.807, 2.05) is 0 Å². The van der Waals surface area contributed by atoms with Gasteiger partial charge in [-0.2, -0.15) is 52.7 Å². The maximum absolute atomic E-state index is 15.1. The van der Waals surface area contributed by atoms with E-state index in [1.54, 1.807) is 0 Å². The molecule has 0 aliphatic rings. The number of hydrogen-bond acceptors (Lipinski definition) is 2. The van der Waals surface area contributed by atoms with E-state index in [2.05, 4.69) is 10.2 Å². The Morgan fingerprint density at radius 3 is 0.976 bits per heavy atom. The summed E-state index contributed by atoms with van der Waals surface area (Å²) in [4.78, 5) is 0. The minimum Gasteiger partial charge on any atom is -0.203 e. The number of aromatic nitrogens is 2. The topological polar surface area (TPSA) is 25.8 Å². The van der Waals surface area contributed by atoms with Crippen molar-refractivity contribution in [1.29, 1.82) is 0 Å². The number of rotatable bonds is 2. The summed E-state index contributed by atoms with van der Waals surface area (Å²) in [5.74, 6) is -10.5. The lowest BCUT2D eigenvalue weighted by atomic mass is 9.93. The van der Waals surface area contributed by atoms with Crippen LogP contribution in [-0.2, 0) is 24.7 Å². The van der Waals surface area contributed by atoms with Crippen LogP contribution in [0.2, 0.25) is 0 Å². The fourth-order valence-corrected chi connectivity index (χ4v) is 3.98. The quantitative estimate of drug-likeness (QED) is 0.126. The smallest absolute Gasteiger partial charge is 0.203 e. The van der Waals surface area contributed by atoms with Gasteiger partial charge in [0.1, 0.15) is 11.4 Å². The molecule has 224 valence electrons. The molecule has 0 radical (unpaired) electrons. The van der Waals surface area contributed by atoms with Gasteiger partial charge in [0.25, 0.3) is 0 Å². The van der Waals surface area contributed by atoms with E-state index in [0.29, 0.717) is 0 Å². The second-order valence-corrected chi connectivity index (χ2v) is 8.41. The Hall–Kier alpha value is -4.12. The summed E-state index contributed by atoms with van der Waals surface area (Å²) in [6.07, 6.45) is -22.1. The maximum atomic E-state index is 15.1. The molecule has 0 bridgehead atoms. The van der Waals surface area contributed by atoms with E-state index in [1.165, 1.54) is 0 Å². The Morgan fingerprint density at radius 1 is 0.405 bits per heavy atom. The first-order valence-electron chi connectivity index (χ1n) is 10.6. The monoisotopic (exact) mass is 626 g/mol. The molecule has 0 amide bonds. The molecule has 1 heterocycles. The van der Waals surface area contributed by atoms with Gasteiger partial charge in [0.15, 0.2) is 23.3 Å². The van der Waals surface area contributed by atoms with Crippen molar-refractivity contribution in [2.45, 2.75) is 24.7 Å². The summed E-state index contributed by atoms with van der Waals surface area (Å²) in [6.45, 7) is 0. The van der Waals surface area contributed by atoms with Crippen molar-refractivity contribution < 1.29 is 70.2 Å². The van der Waals surface area contributed by atoms with Crippen LogP contribution in [0.1, 0.15) is 22.3 Å². The Labute approximate surface area is 221 Å². The van der Waals surface area contributed by atoms with Crippen molar-refractivity contribution in [3.05, 3.63) is 81.9 Å². The third kappa shape index (κ3) is 5.29. The number of benzene rings is 3. The second-order valence-electron chi connectivity index (χ2n) is 8.41. The standard InChI is InChI=1S/C24H6F16N2/c25-15-13-14(16(26)18(28)17(15)27)20(10-4-2-8(22(32,33)34)6-12(10)24(38,39)40)42-41-19(13)9-3-1-7(21(29,30)31)5-11(9)23(35,36)37/h1-6H. The first-order valence-corrected chi connectivity index (χ1v) is 10.6. The average molecular weight is 626 g/mol. The van der Waals surface area contributed by atoms with Crippen molar-refractivity contribution >= 4 is 10.8 Å². The SMILES string of the molecule is Fc1c(F)c(F)c2c(-c3ccc(C(F)(F)F)cc3C(F)(F)F)nnc(-c3ccc(C(F)(F)F)cc3C(F)(F)F)c2c1F. The van der Waals surface area contributed by atoms with Gasteiger partial charge in [0.2, 0.25) is 0 Å². The third-order valence-electron chi connectivity index (χ3n) is 5.81. The molecule has 0 saturated carbocycles. The first-order chi connectivity index (χ1) is 19.0. The Bertz CT molecular complexity index is 1590. The van der Waals surface area contributed by atoms with Crippen LogP contribution in [0.25, 0.3) is 33.3 Å². The van der Waals surface area contributed by atoms with Crippen molar-refractivity contribution in [2.75, 3.05) is 0 Å². The van der Waals surface area contributed by atoms with Crippen LogP contribution < -0.4 is 0 Å². The molecule has 4 aromatic rings. The molecule has 0 unspecified atom stereocenters.